The summed E-state index contributed by atoms with van der Waals surface area (Å²) in [6.07, 6.45) is -2.90. The van der Waals surface area contributed by atoms with E-state index in [4.69, 9.17) is 20.3 Å². The van der Waals surface area contributed by atoms with Gasteiger partial charge in [0.05, 0.1) is 20.0 Å². The number of methoxy groups -OCH3 is 1. The van der Waals surface area contributed by atoms with E-state index in [0.717, 1.165) is 0 Å². The Hall–Kier alpha value is -2.01. The molecule has 4 atom stereocenters. The highest BCUT2D eigenvalue weighted by Crippen LogP contribution is 2.32. The number of imidazole rings is 1. The first-order chi connectivity index (χ1) is 10.1. The molecule has 0 saturated carbocycles. The van der Waals surface area contributed by atoms with Crippen LogP contribution in [-0.4, -0.2) is 66.9 Å². The second-order valence-corrected chi connectivity index (χ2v) is 4.64. The number of hydrogen-bond acceptors (Lipinski definition) is 9. The summed E-state index contributed by atoms with van der Waals surface area (Å²) in [6.45, 7) is -0.415. The predicted molar refractivity (Wildman–Crippen MR) is 69.3 cm³/mol. The van der Waals surface area contributed by atoms with Crippen LogP contribution in [0.4, 0.5) is 5.95 Å². The second kappa shape index (κ2) is 5.07. The van der Waals surface area contributed by atoms with Crippen molar-refractivity contribution in [2.45, 2.75) is 24.5 Å². The van der Waals surface area contributed by atoms with Gasteiger partial charge < -0.3 is 30.5 Å². The van der Waals surface area contributed by atoms with E-state index in [-0.39, 0.29) is 11.8 Å². The van der Waals surface area contributed by atoms with E-state index in [1.54, 1.807) is 0 Å². The molecule has 0 aromatic carbocycles. The van der Waals surface area contributed by atoms with Gasteiger partial charge in [0, 0.05) is 0 Å². The van der Waals surface area contributed by atoms with Crippen molar-refractivity contribution in [3.05, 3.63) is 6.33 Å². The maximum atomic E-state index is 10.0. The van der Waals surface area contributed by atoms with Gasteiger partial charge in [0.2, 0.25) is 11.8 Å². The first-order valence-corrected chi connectivity index (χ1v) is 6.23. The van der Waals surface area contributed by atoms with Crippen molar-refractivity contribution in [2.75, 3.05) is 19.5 Å². The Kier molecular flexibility index (Phi) is 3.37. The lowest BCUT2D eigenvalue weighted by Crippen LogP contribution is -2.33. The lowest BCUT2D eigenvalue weighted by atomic mass is 10.1. The molecule has 3 rings (SSSR count). The summed E-state index contributed by atoms with van der Waals surface area (Å²) in [5, 5.41) is 29.0. The summed E-state index contributed by atoms with van der Waals surface area (Å²) in [7, 11) is 1.42. The number of aliphatic hydroxyl groups is 3. The molecule has 10 nitrogen and oxygen atoms in total. The highest BCUT2D eigenvalue weighted by molar-refractivity contribution is 5.77. The molecule has 2 aromatic heterocycles. The minimum atomic E-state index is -1.23. The van der Waals surface area contributed by atoms with Crippen LogP contribution in [0.25, 0.3) is 11.2 Å². The van der Waals surface area contributed by atoms with Crippen molar-refractivity contribution in [1.29, 1.82) is 0 Å². The smallest absolute Gasteiger partial charge is 0.246 e. The summed E-state index contributed by atoms with van der Waals surface area (Å²) < 4.78 is 11.9. The number of nitrogens with two attached hydrogens (primary N) is 1. The van der Waals surface area contributed by atoms with Crippen LogP contribution in [-0.2, 0) is 4.74 Å². The van der Waals surface area contributed by atoms with Gasteiger partial charge in [0.25, 0.3) is 0 Å². The lowest BCUT2D eigenvalue weighted by Gasteiger charge is -2.16. The molecule has 1 fully saturated rings. The van der Waals surface area contributed by atoms with Crippen LogP contribution in [0.2, 0.25) is 0 Å². The molecular formula is C11H15N5O5. The summed E-state index contributed by atoms with van der Waals surface area (Å²) in [6, 6.07) is 0. The number of anilines is 1. The third-order valence-electron chi connectivity index (χ3n) is 3.39. The van der Waals surface area contributed by atoms with Crippen molar-refractivity contribution >= 4 is 17.1 Å². The molecule has 2 unspecified atom stereocenters. The highest BCUT2D eigenvalue weighted by Gasteiger charge is 2.44. The normalized spacial score (nSPS) is 29.1. The van der Waals surface area contributed by atoms with Crippen LogP contribution in [0.5, 0.6) is 5.88 Å². The fourth-order valence-electron chi connectivity index (χ4n) is 2.35. The van der Waals surface area contributed by atoms with Crippen molar-refractivity contribution in [3.8, 4) is 5.88 Å². The number of aromatic nitrogens is 4. The average molecular weight is 297 g/mol. The molecule has 10 heteroatoms. The van der Waals surface area contributed by atoms with Gasteiger partial charge in [-0.25, -0.2) is 4.98 Å². The molecule has 0 amide bonds. The minimum Gasteiger partial charge on any atom is -0.479 e. The first-order valence-electron chi connectivity index (χ1n) is 6.23. The molecule has 3 heterocycles. The Morgan fingerprint density at radius 3 is 2.76 bits per heavy atom. The lowest BCUT2D eigenvalue weighted by molar-refractivity contribution is -0.0511. The molecule has 21 heavy (non-hydrogen) atoms. The number of aliphatic hydroxyl groups excluding tert-OH is 3. The molecular weight excluding hydrogens is 282 g/mol. The zero-order chi connectivity index (χ0) is 15.1. The van der Waals surface area contributed by atoms with Crippen molar-refractivity contribution in [3.63, 3.8) is 0 Å². The molecule has 1 aliphatic rings. The molecule has 0 radical (unpaired) electrons. The van der Waals surface area contributed by atoms with Crippen LogP contribution < -0.4 is 10.5 Å². The van der Waals surface area contributed by atoms with Gasteiger partial charge in [0.1, 0.15) is 18.3 Å². The summed E-state index contributed by atoms with van der Waals surface area (Å²) in [5.74, 6) is 0.177. The third kappa shape index (κ3) is 2.08. The van der Waals surface area contributed by atoms with E-state index in [9.17, 15) is 10.2 Å². The van der Waals surface area contributed by atoms with Crippen molar-refractivity contribution in [1.82, 2.24) is 19.5 Å². The zero-order valence-electron chi connectivity index (χ0n) is 11.1. The van der Waals surface area contributed by atoms with Gasteiger partial charge >= 0.3 is 0 Å². The van der Waals surface area contributed by atoms with Gasteiger partial charge in [-0.1, -0.05) is 0 Å². The van der Waals surface area contributed by atoms with Crippen LogP contribution in [0, 0.1) is 0 Å². The Bertz CT molecular complexity index is 662. The van der Waals surface area contributed by atoms with Gasteiger partial charge in [-0.3, -0.25) is 4.57 Å². The van der Waals surface area contributed by atoms with Crippen molar-refractivity contribution < 1.29 is 24.8 Å². The number of nitrogens with zero attached hydrogens (tertiary/aromatic N) is 4. The Morgan fingerprint density at radius 2 is 2.14 bits per heavy atom. The van der Waals surface area contributed by atoms with Crippen molar-refractivity contribution in [2.24, 2.45) is 0 Å². The fourth-order valence-corrected chi connectivity index (χ4v) is 2.35. The molecule has 5 N–H and O–H groups in total. The molecule has 0 spiro atoms. The quantitative estimate of drug-likeness (QED) is 0.506. The van der Waals surface area contributed by atoms with E-state index in [2.05, 4.69) is 15.0 Å². The maximum absolute atomic E-state index is 10.0. The number of fused-ring (bicyclic) bond motifs is 1. The van der Waals surface area contributed by atoms with Crippen LogP contribution in [0.1, 0.15) is 6.23 Å². The predicted octanol–water partition coefficient (Wildman–Crippen LogP) is -1.97. The van der Waals surface area contributed by atoms with E-state index >= 15 is 0 Å². The van der Waals surface area contributed by atoms with Gasteiger partial charge in [-0.05, 0) is 0 Å². The third-order valence-corrected chi connectivity index (χ3v) is 3.39. The van der Waals surface area contributed by atoms with Crippen LogP contribution >= 0.6 is 0 Å². The zero-order valence-corrected chi connectivity index (χ0v) is 11.1. The van der Waals surface area contributed by atoms with Gasteiger partial charge in [-0.2, -0.15) is 9.97 Å². The SMILES string of the molecule is COc1nc(N)nc2c1ncn2C1O[C@H](CO)[C@H](O)C1O. The molecule has 0 aliphatic carbocycles. The summed E-state index contributed by atoms with van der Waals surface area (Å²) in [5.41, 5.74) is 6.26. The summed E-state index contributed by atoms with van der Waals surface area (Å²) in [4.78, 5) is 12.1. The van der Waals surface area contributed by atoms with Crippen LogP contribution in [0.3, 0.4) is 0 Å². The average Bonchev–Trinajstić information content (AvgIpc) is 3.01. The molecule has 1 saturated heterocycles. The summed E-state index contributed by atoms with van der Waals surface area (Å²) >= 11 is 0. The number of nitrogen functional groups attached to an aromatic ring is 1. The largest absolute Gasteiger partial charge is 0.479 e. The van der Waals surface area contributed by atoms with Crippen LogP contribution in [0.15, 0.2) is 6.33 Å². The van der Waals surface area contributed by atoms with E-state index in [0.29, 0.717) is 11.2 Å². The Balaban J connectivity index is 2.07. The monoisotopic (exact) mass is 297 g/mol. The Labute approximate surface area is 118 Å². The van der Waals surface area contributed by atoms with E-state index in [1.165, 1.54) is 18.0 Å². The molecule has 0 bridgehead atoms. The number of rotatable bonds is 3. The number of hydrogen-bond donors (Lipinski definition) is 4. The Morgan fingerprint density at radius 1 is 1.38 bits per heavy atom. The van der Waals surface area contributed by atoms with Gasteiger partial charge in [-0.15, -0.1) is 0 Å². The second-order valence-electron chi connectivity index (χ2n) is 4.64. The molecule has 2 aromatic rings. The van der Waals surface area contributed by atoms with E-state index in [1.807, 2.05) is 0 Å². The fraction of sp³-hybridized carbons (Fsp3) is 0.545. The topological polar surface area (TPSA) is 149 Å². The molecule has 1 aliphatic heterocycles. The van der Waals surface area contributed by atoms with Gasteiger partial charge in [0.15, 0.2) is 17.4 Å². The number of ether oxygens (including phenoxy) is 2. The highest BCUT2D eigenvalue weighted by atomic mass is 16.6. The standard InChI is InChI=1S/C11H15N5O5/c1-20-9-5-8(14-11(12)15-9)16(3-13-5)10-7(19)6(18)4(2-17)21-10/h3-4,6-7,10,17-19H,2H2,1H3,(H2,12,14,15)/t4-,6+,7?,10?/m1/s1. The maximum Gasteiger partial charge on any atom is 0.246 e. The molecule has 114 valence electrons. The first kappa shape index (κ1) is 13.9. The minimum absolute atomic E-state index is 0.0205. The van der Waals surface area contributed by atoms with E-state index < -0.39 is 31.1 Å².